The fraction of sp³-hybridized carbons (Fsp3) is 0.400. The van der Waals surface area contributed by atoms with Gasteiger partial charge >= 0.3 is 0 Å². The number of carbonyl (C=O) groups excluding carboxylic acids is 1. The molecule has 3 aromatic rings. The van der Waals surface area contributed by atoms with Crippen LogP contribution in [-0.4, -0.2) is 37.3 Å². The second kappa shape index (κ2) is 6.48. The van der Waals surface area contributed by atoms with Crippen LogP contribution in [0.25, 0.3) is 11.0 Å². The molecule has 8 heteroatoms. The maximum Gasteiger partial charge on any atom is 0.257 e. The molecule has 1 aromatic carbocycles. The van der Waals surface area contributed by atoms with Gasteiger partial charge in [-0.25, -0.2) is 9.97 Å². The average molecular weight is 395 g/mol. The summed E-state index contributed by atoms with van der Waals surface area (Å²) in [6, 6.07) is 7.95. The molecule has 0 saturated heterocycles. The Labute approximate surface area is 166 Å². The van der Waals surface area contributed by atoms with Crippen molar-refractivity contribution < 1.29 is 4.79 Å². The summed E-state index contributed by atoms with van der Waals surface area (Å²) < 4.78 is 3.78. The number of hydrogen-bond donors (Lipinski definition) is 0. The molecule has 0 bridgehead atoms. The van der Waals surface area contributed by atoms with Crippen LogP contribution in [0.2, 0.25) is 0 Å². The summed E-state index contributed by atoms with van der Waals surface area (Å²) in [5.41, 5.74) is 3.48. The summed E-state index contributed by atoms with van der Waals surface area (Å²) in [5, 5.41) is 0.720. The Morgan fingerprint density at radius 2 is 2.04 bits per heavy atom. The van der Waals surface area contributed by atoms with E-state index in [-0.39, 0.29) is 17.4 Å². The lowest BCUT2D eigenvalue weighted by molar-refractivity contribution is -0.122. The van der Waals surface area contributed by atoms with E-state index < -0.39 is 0 Å². The van der Waals surface area contributed by atoms with Crippen LogP contribution >= 0.6 is 11.8 Å². The second-order valence-corrected chi connectivity index (χ2v) is 8.26. The lowest BCUT2D eigenvalue weighted by Crippen LogP contribution is -2.42. The van der Waals surface area contributed by atoms with Gasteiger partial charge in [0.2, 0.25) is 11.9 Å². The third-order valence-corrected chi connectivity index (χ3v) is 6.78. The highest BCUT2D eigenvalue weighted by Gasteiger charge is 2.35. The Hall–Kier alpha value is -2.61. The highest BCUT2D eigenvalue weighted by Crippen LogP contribution is 2.31. The molecular weight excluding hydrogens is 374 g/mol. The molecule has 1 unspecified atom stereocenters. The topological polar surface area (TPSA) is 73.0 Å². The van der Waals surface area contributed by atoms with Crippen LogP contribution in [0.1, 0.15) is 18.2 Å². The number of fused-ring (bicyclic) bond motifs is 4. The van der Waals surface area contributed by atoms with Crippen molar-refractivity contribution in [1.82, 2.24) is 19.1 Å². The number of rotatable bonds is 2. The monoisotopic (exact) mass is 395 g/mol. The minimum Gasteiger partial charge on any atom is -0.308 e. The molecule has 1 amide bonds. The normalized spacial score (nSPS) is 18.4. The van der Waals surface area contributed by atoms with Crippen molar-refractivity contribution in [2.24, 2.45) is 5.92 Å². The van der Waals surface area contributed by atoms with Gasteiger partial charge in [-0.3, -0.25) is 19.1 Å². The van der Waals surface area contributed by atoms with E-state index in [1.54, 1.807) is 9.47 Å². The molecule has 2 aromatic heterocycles. The molecule has 0 N–H and O–H groups in total. The molecule has 0 aliphatic carbocycles. The smallest absolute Gasteiger partial charge is 0.257 e. The van der Waals surface area contributed by atoms with Crippen molar-refractivity contribution in [2.75, 3.05) is 17.2 Å². The summed E-state index contributed by atoms with van der Waals surface area (Å²) in [4.78, 5) is 37.2. The molecule has 144 valence electrons. The molecule has 4 heterocycles. The standard InChI is InChI=1S/C20H21N5O2S/c1-3-14-12(2)21-20-25(18(14)27)10-13(11-28-20)17(26)24-9-8-23-16-7-5-4-6-15(16)22-19(23)24/h4-7,13H,3,8-11H2,1-2H3. The SMILES string of the molecule is CCc1c(C)nc2n(c1=O)CC(C(=O)N1CCn3c1nc1ccccc13)CS2. The number of aryl methyl sites for hydroxylation is 1. The van der Waals surface area contributed by atoms with Crippen LogP contribution in [0, 0.1) is 12.8 Å². The lowest BCUT2D eigenvalue weighted by Gasteiger charge is -2.27. The summed E-state index contributed by atoms with van der Waals surface area (Å²) in [5.74, 6) is 1.13. The maximum atomic E-state index is 13.3. The first-order valence-electron chi connectivity index (χ1n) is 9.58. The zero-order chi connectivity index (χ0) is 19.4. The van der Waals surface area contributed by atoms with Gasteiger partial charge in [-0.05, 0) is 25.5 Å². The Balaban J connectivity index is 1.47. The lowest BCUT2D eigenvalue weighted by atomic mass is 10.1. The van der Waals surface area contributed by atoms with Crippen LogP contribution in [0.4, 0.5) is 5.95 Å². The minimum absolute atomic E-state index is 0.0105. The van der Waals surface area contributed by atoms with E-state index in [1.807, 2.05) is 38.1 Å². The van der Waals surface area contributed by atoms with Crippen molar-refractivity contribution in [3.63, 3.8) is 0 Å². The van der Waals surface area contributed by atoms with Crippen molar-refractivity contribution >= 4 is 34.7 Å². The minimum atomic E-state index is -0.254. The molecule has 2 aliphatic heterocycles. The quantitative estimate of drug-likeness (QED) is 0.622. The van der Waals surface area contributed by atoms with E-state index in [0.717, 1.165) is 34.0 Å². The number of hydrogen-bond acceptors (Lipinski definition) is 5. The van der Waals surface area contributed by atoms with E-state index in [9.17, 15) is 9.59 Å². The predicted octanol–water partition coefficient (Wildman–Crippen LogP) is 2.23. The van der Waals surface area contributed by atoms with Crippen LogP contribution in [0.5, 0.6) is 0 Å². The highest BCUT2D eigenvalue weighted by atomic mass is 32.2. The zero-order valence-electron chi connectivity index (χ0n) is 15.9. The molecule has 1 atom stereocenters. The van der Waals surface area contributed by atoms with E-state index >= 15 is 0 Å². The van der Waals surface area contributed by atoms with Crippen LogP contribution in [0.3, 0.4) is 0 Å². The summed E-state index contributed by atoms with van der Waals surface area (Å²) in [6.45, 7) is 5.61. The van der Waals surface area contributed by atoms with Crippen molar-refractivity contribution in [3.8, 4) is 0 Å². The third kappa shape index (κ3) is 2.51. The molecule has 0 saturated carbocycles. The van der Waals surface area contributed by atoms with Gasteiger partial charge in [0.1, 0.15) is 0 Å². The van der Waals surface area contributed by atoms with E-state index in [2.05, 4.69) is 14.5 Å². The molecule has 7 nitrogen and oxygen atoms in total. The molecular formula is C20H21N5O2S. The van der Waals surface area contributed by atoms with Crippen LogP contribution < -0.4 is 10.5 Å². The first-order chi connectivity index (χ1) is 13.6. The van der Waals surface area contributed by atoms with Crippen molar-refractivity contribution in [1.29, 1.82) is 0 Å². The zero-order valence-corrected chi connectivity index (χ0v) is 16.7. The predicted molar refractivity (Wildman–Crippen MR) is 109 cm³/mol. The number of amides is 1. The van der Waals surface area contributed by atoms with E-state index in [1.165, 1.54) is 11.8 Å². The molecule has 0 fully saturated rings. The van der Waals surface area contributed by atoms with Gasteiger partial charge in [-0.1, -0.05) is 30.8 Å². The molecule has 28 heavy (non-hydrogen) atoms. The largest absolute Gasteiger partial charge is 0.308 e. The fourth-order valence-corrected chi connectivity index (χ4v) is 5.28. The number of para-hydroxylation sites is 2. The van der Waals surface area contributed by atoms with Gasteiger partial charge in [0.25, 0.3) is 5.56 Å². The molecule has 0 spiro atoms. The first-order valence-corrected chi connectivity index (χ1v) is 10.6. The Morgan fingerprint density at radius 3 is 2.86 bits per heavy atom. The van der Waals surface area contributed by atoms with Gasteiger partial charge < -0.3 is 4.57 Å². The average Bonchev–Trinajstić information content (AvgIpc) is 3.27. The number of thioether (sulfide) groups is 1. The Bertz CT molecular complexity index is 1170. The number of aromatic nitrogens is 4. The number of carbonyl (C=O) groups is 1. The molecule has 5 rings (SSSR count). The summed E-state index contributed by atoms with van der Waals surface area (Å²) >= 11 is 1.49. The number of imidazole rings is 1. The van der Waals surface area contributed by atoms with Crippen LogP contribution in [-0.2, 0) is 24.3 Å². The summed E-state index contributed by atoms with van der Waals surface area (Å²) in [7, 11) is 0. The second-order valence-electron chi connectivity index (χ2n) is 7.28. The number of nitrogens with zero attached hydrogens (tertiary/aromatic N) is 5. The van der Waals surface area contributed by atoms with Gasteiger partial charge in [-0.15, -0.1) is 0 Å². The van der Waals surface area contributed by atoms with E-state index in [4.69, 9.17) is 0 Å². The van der Waals surface area contributed by atoms with Crippen LogP contribution in [0.15, 0.2) is 34.2 Å². The summed E-state index contributed by atoms with van der Waals surface area (Å²) in [6.07, 6.45) is 0.650. The Kier molecular flexibility index (Phi) is 4.04. The molecule has 2 aliphatic rings. The first kappa shape index (κ1) is 17.5. The van der Waals surface area contributed by atoms with E-state index in [0.29, 0.717) is 31.2 Å². The third-order valence-electron chi connectivity index (χ3n) is 5.64. The number of anilines is 1. The molecule has 0 radical (unpaired) electrons. The number of benzene rings is 1. The van der Waals surface area contributed by atoms with Crippen molar-refractivity contribution in [3.05, 3.63) is 45.9 Å². The van der Waals surface area contributed by atoms with Gasteiger partial charge in [0.15, 0.2) is 5.16 Å². The highest BCUT2D eigenvalue weighted by molar-refractivity contribution is 7.99. The van der Waals surface area contributed by atoms with Crippen molar-refractivity contribution in [2.45, 2.75) is 38.5 Å². The fourth-order valence-electron chi connectivity index (χ4n) is 4.17. The van der Waals surface area contributed by atoms with Gasteiger partial charge in [0.05, 0.1) is 17.0 Å². The maximum absolute atomic E-state index is 13.3. The van der Waals surface area contributed by atoms with Gasteiger partial charge in [-0.2, -0.15) is 0 Å². The Morgan fingerprint density at radius 1 is 1.21 bits per heavy atom. The van der Waals surface area contributed by atoms with Gasteiger partial charge in [0, 0.05) is 36.6 Å².